The van der Waals surface area contributed by atoms with Crippen LogP contribution in [0.25, 0.3) is 0 Å². The smallest absolute Gasteiger partial charge is 0.268 e. The minimum Gasteiger partial charge on any atom is -0.486 e. The Labute approximate surface area is 117 Å². The first-order valence-corrected chi connectivity index (χ1v) is 6.24. The van der Waals surface area contributed by atoms with E-state index in [1.165, 1.54) is 6.26 Å². The fourth-order valence-corrected chi connectivity index (χ4v) is 1.95. The molecule has 94 valence electrons. The molecule has 1 amide bonds. The predicted molar refractivity (Wildman–Crippen MR) is 73.9 cm³/mol. The second-order valence-electron chi connectivity index (χ2n) is 3.48. The maximum Gasteiger partial charge on any atom is 0.268 e. The number of rotatable bonds is 4. The highest BCUT2D eigenvalue weighted by atomic mass is 127. The number of carbonyl (C=O) groups excluding carboxylic acids is 1. The molecule has 1 aromatic carbocycles. The third kappa shape index (κ3) is 3.02. The molecule has 6 heteroatoms. The molecule has 2 rings (SSSR count). The summed E-state index contributed by atoms with van der Waals surface area (Å²) in [6.45, 7) is 0.176. The molecule has 0 fully saturated rings. The maximum atomic E-state index is 11.4. The molecule has 0 aliphatic heterocycles. The van der Waals surface area contributed by atoms with Gasteiger partial charge in [0.2, 0.25) is 0 Å². The number of nitrogens with two attached hydrogens (primary N) is 1. The average molecular weight is 358 g/mol. The molecule has 0 bridgehead atoms. The number of ether oxygens (including phenoxy) is 1. The first-order chi connectivity index (χ1) is 8.70. The number of carbonyl (C=O) groups is 1. The minimum absolute atomic E-state index is 0.176. The summed E-state index contributed by atoms with van der Waals surface area (Å²) in [4.78, 5) is 11.4. The Hall–Kier alpha value is -1.54. The van der Waals surface area contributed by atoms with Crippen molar-refractivity contribution in [3.63, 3.8) is 0 Å². The third-order valence-corrected chi connectivity index (χ3v) is 2.96. The average Bonchev–Trinajstić information content (AvgIpc) is 2.84. The van der Waals surface area contributed by atoms with Crippen molar-refractivity contribution in [3.05, 3.63) is 51.5 Å². The highest BCUT2D eigenvalue weighted by molar-refractivity contribution is 14.1. The van der Waals surface area contributed by atoms with Crippen molar-refractivity contribution >= 4 is 28.5 Å². The van der Waals surface area contributed by atoms with Crippen LogP contribution in [0.4, 0.5) is 0 Å². The van der Waals surface area contributed by atoms with E-state index in [0.29, 0.717) is 11.3 Å². The lowest BCUT2D eigenvalue weighted by atomic mass is 10.2. The second-order valence-corrected chi connectivity index (χ2v) is 4.72. The number of hydrogen-bond acceptors (Lipinski definition) is 4. The minimum atomic E-state index is -0.398. The summed E-state index contributed by atoms with van der Waals surface area (Å²) >= 11 is 2.20. The molecule has 1 heterocycles. The van der Waals surface area contributed by atoms with Crippen molar-refractivity contribution in [2.75, 3.05) is 0 Å². The lowest BCUT2D eigenvalue weighted by Crippen LogP contribution is -2.30. The van der Waals surface area contributed by atoms with Crippen molar-refractivity contribution in [1.29, 1.82) is 0 Å². The summed E-state index contributed by atoms with van der Waals surface area (Å²) in [5.74, 6) is 5.84. The molecule has 1 aromatic heterocycles. The molecule has 5 nitrogen and oxygen atoms in total. The number of hydrogen-bond donors (Lipinski definition) is 2. The lowest BCUT2D eigenvalue weighted by molar-refractivity contribution is 0.0949. The quantitative estimate of drug-likeness (QED) is 0.380. The van der Waals surface area contributed by atoms with Gasteiger partial charge in [0.25, 0.3) is 5.91 Å². The summed E-state index contributed by atoms with van der Waals surface area (Å²) < 4.78 is 11.8. The molecule has 0 aliphatic carbocycles. The first-order valence-electron chi connectivity index (χ1n) is 5.16. The fraction of sp³-hybridized carbons (Fsp3) is 0.0833. The number of halogens is 1. The van der Waals surface area contributed by atoms with Gasteiger partial charge in [0.05, 0.1) is 11.8 Å². The van der Waals surface area contributed by atoms with Gasteiger partial charge in [-0.05, 0) is 46.9 Å². The summed E-state index contributed by atoms with van der Waals surface area (Å²) in [7, 11) is 0. The van der Waals surface area contributed by atoms with E-state index in [4.69, 9.17) is 15.0 Å². The van der Waals surface area contributed by atoms with Gasteiger partial charge in [0, 0.05) is 3.57 Å². The first kappa shape index (κ1) is 12.9. The number of nitrogen functional groups attached to an aromatic ring is 1. The van der Waals surface area contributed by atoms with Gasteiger partial charge in [-0.1, -0.05) is 6.07 Å². The second kappa shape index (κ2) is 5.87. The van der Waals surface area contributed by atoms with Crippen molar-refractivity contribution in [1.82, 2.24) is 5.43 Å². The van der Waals surface area contributed by atoms with Crippen LogP contribution in [0, 0.1) is 3.57 Å². The Balaban J connectivity index is 2.07. The van der Waals surface area contributed by atoms with E-state index >= 15 is 0 Å². The zero-order valence-electron chi connectivity index (χ0n) is 9.35. The van der Waals surface area contributed by atoms with E-state index in [0.717, 1.165) is 9.32 Å². The Morgan fingerprint density at radius 2 is 2.28 bits per heavy atom. The van der Waals surface area contributed by atoms with E-state index in [-0.39, 0.29) is 6.61 Å². The number of furan rings is 1. The molecule has 2 aromatic rings. The molecule has 0 unspecified atom stereocenters. The summed E-state index contributed by atoms with van der Waals surface area (Å²) in [6, 6.07) is 9.15. The van der Waals surface area contributed by atoms with Gasteiger partial charge in [-0.15, -0.1) is 0 Å². The number of hydrazine groups is 1. The molecular formula is C12H11IN2O3. The highest BCUT2D eigenvalue weighted by Crippen LogP contribution is 2.18. The van der Waals surface area contributed by atoms with Gasteiger partial charge >= 0.3 is 0 Å². The zero-order chi connectivity index (χ0) is 13.0. The van der Waals surface area contributed by atoms with Crippen LogP contribution in [0.1, 0.15) is 16.1 Å². The number of nitrogens with one attached hydrogen (secondary N) is 1. The summed E-state index contributed by atoms with van der Waals surface area (Å²) in [5, 5.41) is 0. The lowest BCUT2D eigenvalue weighted by Gasteiger charge is -2.06. The van der Waals surface area contributed by atoms with Crippen LogP contribution in [-0.4, -0.2) is 5.91 Å². The van der Waals surface area contributed by atoms with Crippen molar-refractivity contribution < 1.29 is 13.9 Å². The topological polar surface area (TPSA) is 77.5 Å². The number of benzene rings is 1. The molecule has 0 aliphatic rings. The standard InChI is InChI=1S/C12H11IN2O3/c13-8-2-1-3-9(6-8)18-7-11-10(4-5-17-11)12(16)15-14/h1-6H,7,14H2,(H,15,16). The van der Waals surface area contributed by atoms with Crippen LogP contribution < -0.4 is 16.0 Å². The Bertz CT molecular complexity index is 554. The molecule has 18 heavy (non-hydrogen) atoms. The maximum absolute atomic E-state index is 11.4. The molecule has 0 saturated heterocycles. The van der Waals surface area contributed by atoms with Gasteiger partial charge < -0.3 is 9.15 Å². The third-order valence-electron chi connectivity index (χ3n) is 2.29. The van der Waals surface area contributed by atoms with Crippen LogP contribution >= 0.6 is 22.6 Å². The van der Waals surface area contributed by atoms with Gasteiger partial charge in [-0.3, -0.25) is 10.2 Å². The normalized spacial score (nSPS) is 10.1. The van der Waals surface area contributed by atoms with Crippen LogP contribution in [-0.2, 0) is 6.61 Å². The van der Waals surface area contributed by atoms with Crippen molar-refractivity contribution in [3.8, 4) is 5.75 Å². The van der Waals surface area contributed by atoms with Crippen LogP contribution in [0.5, 0.6) is 5.75 Å². The Kier molecular flexibility index (Phi) is 4.21. The van der Waals surface area contributed by atoms with E-state index in [1.54, 1.807) is 6.07 Å². The van der Waals surface area contributed by atoms with E-state index in [1.807, 2.05) is 24.3 Å². The van der Waals surface area contributed by atoms with Gasteiger partial charge in [0.1, 0.15) is 12.4 Å². The largest absolute Gasteiger partial charge is 0.486 e. The molecule has 0 saturated carbocycles. The number of amides is 1. The zero-order valence-corrected chi connectivity index (χ0v) is 11.5. The molecule has 3 N–H and O–H groups in total. The molecular weight excluding hydrogens is 347 g/mol. The highest BCUT2D eigenvalue weighted by Gasteiger charge is 2.13. The molecule has 0 atom stereocenters. The predicted octanol–water partition coefficient (Wildman–Crippen LogP) is 2.07. The van der Waals surface area contributed by atoms with Gasteiger partial charge in [-0.2, -0.15) is 0 Å². The monoisotopic (exact) mass is 358 g/mol. The van der Waals surface area contributed by atoms with Gasteiger partial charge in [-0.25, -0.2) is 5.84 Å². The Morgan fingerprint density at radius 1 is 1.44 bits per heavy atom. The summed E-state index contributed by atoms with van der Waals surface area (Å²) in [5.41, 5.74) is 2.44. The Morgan fingerprint density at radius 3 is 3.00 bits per heavy atom. The van der Waals surface area contributed by atoms with Crippen LogP contribution in [0.2, 0.25) is 0 Å². The van der Waals surface area contributed by atoms with Crippen LogP contribution in [0.15, 0.2) is 41.0 Å². The fourth-order valence-electron chi connectivity index (χ4n) is 1.44. The van der Waals surface area contributed by atoms with E-state index < -0.39 is 5.91 Å². The van der Waals surface area contributed by atoms with Gasteiger partial charge in [0.15, 0.2) is 5.76 Å². The van der Waals surface area contributed by atoms with Crippen molar-refractivity contribution in [2.45, 2.75) is 6.61 Å². The van der Waals surface area contributed by atoms with E-state index in [9.17, 15) is 4.79 Å². The molecule has 0 radical (unpaired) electrons. The van der Waals surface area contributed by atoms with Crippen LogP contribution in [0.3, 0.4) is 0 Å². The molecule has 0 spiro atoms. The SMILES string of the molecule is NNC(=O)c1ccoc1COc1cccc(I)c1. The summed E-state index contributed by atoms with van der Waals surface area (Å²) in [6.07, 6.45) is 1.43. The van der Waals surface area contributed by atoms with E-state index in [2.05, 4.69) is 28.0 Å². The van der Waals surface area contributed by atoms with Crippen molar-refractivity contribution in [2.24, 2.45) is 5.84 Å².